The molecule has 2 heteroatoms. The molecule has 0 aliphatic carbocycles. The van der Waals surface area contributed by atoms with Crippen molar-refractivity contribution in [3.8, 4) is 0 Å². The molecule has 0 fully saturated rings. The molecule has 1 unspecified atom stereocenters. The van der Waals surface area contributed by atoms with E-state index in [0.717, 1.165) is 5.92 Å². The standard InChI is InChI=1S/C13H30N2/c1-11(2)10-15(12(3)4)9-7-8-13(5)14-6/h11-14H,7-10H2,1-6H3. The summed E-state index contributed by atoms with van der Waals surface area (Å²) < 4.78 is 0. The highest BCUT2D eigenvalue weighted by atomic mass is 15.1. The maximum absolute atomic E-state index is 3.29. The number of nitrogens with one attached hydrogen (secondary N) is 1. The molecule has 2 nitrogen and oxygen atoms in total. The third kappa shape index (κ3) is 7.80. The lowest BCUT2D eigenvalue weighted by Gasteiger charge is -2.28. The Balaban J connectivity index is 3.76. The molecular formula is C13H30N2. The molecule has 15 heavy (non-hydrogen) atoms. The molecule has 0 bridgehead atoms. The van der Waals surface area contributed by atoms with Crippen LogP contribution >= 0.6 is 0 Å². The molecule has 0 amide bonds. The van der Waals surface area contributed by atoms with Crippen molar-refractivity contribution in [2.24, 2.45) is 5.92 Å². The van der Waals surface area contributed by atoms with Gasteiger partial charge in [0, 0.05) is 18.6 Å². The minimum atomic E-state index is 0.651. The van der Waals surface area contributed by atoms with E-state index < -0.39 is 0 Å². The average molecular weight is 214 g/mol. The van der Waals surface area contributed by atoms with E-state index in [0.29, 0.717) is 12.1 Å². The van der Waals surface area contributed by atoms with Crippen LogP contribution in [0.25, 0.3) is 0 Å². The first-order valence-corrected chi connectivity index (χ1v) is 6.38. The van der Waals surface area contributed by atoms with E-state index in [1.807, 2.05) is 7.05 Å². The van der Waals surface area contributed by atoms with Crippen LogP contribution in [0.15, 0.2) is 0 Å². The highest BCUT2D eigenvalue weighted by molar-refractivity contribution is 4.66. The summed E-state index contributed by atoms with van der Waals surface area (Å²) in [6.07, 6.45) is 2.57. The summed E-state index contributed by atoms with van der Waals surface area (Å²) in [5.41, 5.74) is 0. The highest BCUT2D eigenvalue weighted by Gasteiger charge is 2.10. The molecule has 0 rings (SSSR count). The molecule has 0 aliphatic rings. The largest absolute Gasteiger partial charge is 0.317 e. The molecule has 1 N–H and O–H groups in total. The van der Waals surface area contributed by atoms with Crippen molar-refractivity contribution >= 4 is 0 Å². The molecule has 0 radical (unpaired) electrons. The van der Waals surface area contributed by atoms with Crippen LogP contribution in [-0.4, -0.2) is 37.1 Å². The molecule has 0 heterocycles. The van der Waals surface area contributed by atoms with Gasteiger partial charge in [-0.3, -0.25) is 0 Å². The average Bonchev–Trinajstić information content (AvgIpc) is 2.15. The van der Waals surface area contributed by atoms with Gasteiger partial charge in [0.1, 0.15) is 0 Å². The van der Waals surface area contributed by atoms with Crippen molar-refractivity contribution in [1.29, 1.82) is 0 Å². The van der Waals surface area contributed by atoms with Gasteiger partial charge in [0.05, 0.1) is 0 Å². The Morgan fingerprint density at radius 3 is 2.07 bits per heavy atom. The Labute approximate surface area is 96.4 Å². The van der Waals surface area contributed by atoms with Crippen molar-refractivity contribution < 1.29 is 0 Å². The predicted molar refractivity (Wildman–Crippen MR) is 69.3 cm³/mol. The fraction of sp³-hybridized carbons (Fsp3) is 1.00. The summed E-state index contributed by atoms with van der Waals surface area (Å²) in [4.78, 5) is 2.59. The molecule has 0 saturated heterocycles. The number of rotatable bonds is 8. The zero-order valence-electron chi connectivity index (χ0n) is 11.5. The first-order chi connectivity index (χ1) is 6.97. The maximum atomic E-state index is 3.29. The Bertz CT molecular complexity index is 143. The molecule has 92 valence electrons. The third-order valence-corrected chi connectivity index (χ3v) is 2.91. The van der Waals surface area contributed by atoms with Crippen LogP contribution in [-0.2, 0) is 0 Å². The van der Waals surface area contributed by atoms with Crippen molar-refractivity contribution in [1.82, 2.24) is 10.2 Å². The van der Waals surface area contributed by atoms with Gasteiger partial charge in [-0.1, -0.05) is 13.8 Å². The second-order valence-electron chi connectivity index (χ2n) is 5.31. The van der Waals surface area contributed by atoms with E-state index in [1.54, 1.807) is 0 Å². The minimum Gasteiger partial charge on any atom is -0.317 e. The van der Waals surface area contributed by atoms with Crippen molar-refractivity contribution in [2.45, 2.75) is 59.5 Å². The SMILES string of the molecule is CNC(C)CCCN(CC(C)C)C(C)C. The second kappa shape index (κ2) is 8.12. The van der Waals surface area contributed by atoms with E-state index in [2.05, 4.69) is 44.8 Å². The molecule has 0 saturated carbocycles. The summed E-state index contributed by atoms with van der Waals surface area (Å²) in [5.74, 6) is 0.772. The summed E-state index contributed by atoms with van der Waals surface area (Å²) in [5, 5.41) is 3.29. The number of hydrogen-bond donors (Lipinski definition) is 1. The van der Waals surface area contributed by atoms with Gasteiger partial charge in [0.2, 0.25) is 0 Å². The molecule has 1 atom stereocenters. The van der Waals surface area contributed by atoms with Crippen LogP contribution in [0, 0.1) is 5.92 Å². The Morgan fingerprint density at radius 1 is 1.07 bits per heavy atom. The first kappa shape index (κ1) is 14.9. The number of hydrogen-bond acceptors (Lipinski definition) is 2. The Kier molecular flexibility index (Phi) is 8.07. The summed E-state index contributed by atoms with van der Waals surface area (Å²) in [7, 11) is 2.04. The first-order valence-electron chi connectivity index (χ1n) is 6.38. The van der Waals surface area contributed by atoms with Crippen molar-refractivity contribution in [3.63, 3.8) is 0 Å². The molecular weight excluding hydrogens is 184 g/mol. The van der Waals surface area contributed by atoms with Crippen LogP contribution in [0.1, 0.15) is 47.5 Å². The number of nitrogens with zero attached hydrogens (tertiary/aromatic N) is 1. The van der Waals surface area contributed by atoms with Crippen LogP contribution in [0.4, 0.5) is 0 Å². The Morgan fingerprint density at radius 2 is 1.67 bits per heavy atom. The monoisotopic (exact) mass is 214 g/mol. The van der Waals surface area contributed by atoms with E-state index in [4.69, 9.17) is 0 Å². The van der Waals surface area contributed by atoms with Crippen LogP contribution < -0.4 is 5.32 Å². The van der Waals surface area contributed by atoms with Gasteiger partial charge in [-0.25, -0.2) is 0 Å². The molecule has 0 aromatic carbocycles. The summed E-state index contributed by atoms with van der Waals surface area (Å²) in [6, 6.07) is 1.33. The van der Waals surface area contributed by atoms with E-state index in [9.17, 15) is 0 Å². The van der Waals surface area contributed by atoms with Gasteiger partial charge in [-0.05, 0) is 53.1 Å². The topological polar surface area (TPSA) is 15.3 Å². The zero-order chi connectivity index (χ0) is 11.8. The van der Waals surface area contributed by atoms with Gasteiger partial charge < -0.3 is 10.2 Å². The van der Waals surface area contributed by atoms with E-state index in [1.165, 1.54) is 25.9 Å². The van der Waals surface area contributed by atoms with Gasteiger partial charge >= 0.3 is 0 Å². The normalized spacial score (nSPS) is 14.2. The van der Waals surface area contributed by atoms with Crippen molar-refractivity contribution in [3.05, 3.63) is 0 Å². The maximum Gasteiger partial charge on any atom is 0.00387 e. The molecule has 0 aliphatic heterocycles. The van der Waals surface area contributed by atoms with Gasteiger partial charge in [-0.15, -0.1) is 0 Å². The minimum absolute atomic E-state index is 0.651. The van der Waals surface area contributed by atoms with Gasteiger partial charge in [0.25, 0.3) is 0 Å². The van der Waals surface area contributed by atoms with E-state index in [-0.39, 0.29) is 0 Å². The van der Waals surface area contributed by atoms with Crippen LogP contribution in [0.5, 0.6) is 0 Å². The van der Waals surface area contributed by atoms with Crippen LogP contribution in [0.2, 0.25) is 0 Å². The molecule has 0 aromatic heterocycles. The second-order valence-corrected chi connectivity index (χ2v) is 5.31. The van der Waals surface area contributed by atoms with E-state index >= 15 is 0 Å². The van der Waals surface area contributed by atoms with Crippen LogP contribution in [0.3, 0.4) is 0 Å². The lowest BCUT2D eigenvalue weighted by molar-refractivity contribution is 0.192. The molecule has 0 spiro atoms. The lowest BCUT2D eigenvalue weighted by Crippen LogP contribution is -2.35. The van der Waals surface area contributed by atoms with Crippen molar-refractivity contribution in [2.75, 3.05) is 20.1 Å². The van der Waals surface area contributed by atoms with Gasteiger partial charge in [0.15, 0.2) is 0 Å². The smallest absolute Gasteiger partial charge is 0.00387 e. The van der Waals surface area contributed by atoms with Gasteiger partial charge in [-0.2, -0.15) is 0 Å². The predicted octanol–water partition coefficient (Wildman–Crippen LogP) is 2.74. The summed E-state index contributed by atoms with van der Waals surface area (Å²) in [6.45, 7) is 13.9. The quantitative estimate of drug-likeness (QED) is 0.668. The zero-order valence-corrected chi connectivity index (χ0v) is 11.5. The lowest BCUT2D eigenvalue weighted by atomic mass is 10.1. The highest BCUT2D eigenvalue weighted by Crippen LogP contribution is 2.07. The Hall–Kier alpha value is -0.0800. The molecule has 0 aromatic rings. The fourth-order valence-electron chi connectivity index (χ4n) is 1.77. The fourth-order valence-corrected chi connectivity index (χ4v) is 1.77. The summed E-state index contributed by atoms with van der Waals surface area (Å²) >= 11 is 0. The third-order valence-electron chi connectivity index (χ3n) is 2.91.